The van der Waals surface area contributed by atoms with Crippen LogP contribution in [0.5, 0.6) is 5.75 Å². The van der Waals surface area contributed by atoms with E-state index in [-0.39, 0.29) is 12.0 Å². The molecule has 0 bridgehead atoms. The van der Waals surface area contributed by atoms with E-state index in [1.54, 1.807) is 4.68 Å². The molecule has 1 aromatic heterocycles. The molecule has 0 N–H and O–H groups in total. The highest BCUT2D eigenvalue weighted by atomic mass is 16.5. The van der Waals surface area contributed by atoms with Crippen LogP contribution in [0.2, 0.25) is 0 Å². The van der Waals surface area contributed by atoms with Crippen LogP contribution in [0.4, 0.5) is 0 Å². The monoisotopic (exact) mass is 391 g/mol. The fraction of sp³-hybridized carbons (Fsp3) is 0.318. The maximum atomic E-state index is 10.8. The summed E-state index contributed by atoms with van der Waals surface area (Å²) in [4.78, 5) is 12.9. The van der Waals surface area contributed by atoms with Gasteiger partial charge in [0, 0.05) is 37.1 Å². The number of nitrogens with zero attached hydrogens (tertiary/aromatic N) is 4. The number of aliphatic carboxylic acids is 1. The summed E-state index contributed by atoms with van der Waals surface area (Å²) < 4.78 is 7.41. The summed E-state index contributed by atoms with van der Waals surface area (Å²) in [6.07, 6.45) is 2.04. The SMILES string of the molecule is CC(C)Oc1ccc(-c2cn(-c3ccc(CN4CC(C(=O)[O-])C4)cc3)nn2)cc1. The third-order valence-corrected chi connectivity index (χ3v) is 4.91. The van der Waals surface area contributed by atoms with E-state index >= 15 is 0 Å². The molecule has 0 spiro atoms. The Balaban J connectivity index is 1.39. The van der Waals surface area contributed by atoms with Crippen LogP contribution in [0.1, 0.15) is 19.4 Å². The van der Waals surface area contributed by atoms with Crippen LogP contribution >= 0.6 is 0 Å². The van der Waals surface area contributed by atoms with Crippen molar-refractivity contribution in [2.24, 2.45) is 5.92 Å². The Morgan fingerprint density at radius 2 is 1.83 bits per heavy atom. The predicted octanol–water partition coefficient (Wildman–Crippen LogP) is 1.90. The highest BCUT2D eigenvalue weighted by molar-refractivity contribution is 5.69. The Bertz CT molecular complexity index is 974. The van der Waals surface area contributed by atoms with E-state index in [1.165, 1.54) is 0 Å². The van der Waals surface area contributed by atoms with Gasteiger partial charge in [-0.2, -0.15) is 0 Å². The van der Waals surface area contributed by atoms with Crippen molar-refractivity contribution in [1.29, 1.82) is 0 Å². The average molecular weight is 391 g/mol. The number of rotatable bonds is 7. The molecule has 0 amide bonds. The summed E-state index contributed by atoms with van der Waals surface area (Å²) in [5.74, 6) is -0.464. The number of hydrogen-bond donors (Lipinski definition) is 0. The van der Waals surface area contributed by atoms with Crippen LogP contribution in [-0.2, 0) is 11.3 Å². The van der Waals surface area contributed by atoms with Gasteiger partial charge in [-0.05, 0) is 55.8 Å². The molecule has 7 nitrogen and oxygen atoms in total. The number of benzene rings is 2. The zero-order valence-corrected chi connectivity index (χ0v) is 16.5. The first-order chi connectivity index (χ1) is 14.0. The van der Waals surface area contributed by atoms with Gasteiger partial charge in [0.05, 0.1) is 18.0 Å². The van der Waals surface area contributed by atoms with Crippen molar-refractivity contribution in [2.75, 3.05) is 13.1 Å². The lowest BCUT2D eigenvalue weighted by Crippen LogP contribution is -2.53. The van der Waals surface area contributed by atoms with Gasteiger partial charge in [0.25, 0.3) is 0 Å². The number of likely N-dealkylation sites (tertiary alicyclic amines) is 1. The fourth-order valence-electron chi connectivity index (χ4n) is 3.36. The summed E-state index contributed by atoms with van der Waals surface area (Å²) in [7, 11) is 0. The number of carboxylic acid groups (broad SMARTS) is 1. The molecular weight excluding hydrogens is 368 g/mol. The van der Waals surface area contributed by atoms with Gasteiger partial charge in [0.1, 0.15) is 11.4 Å². The van der Waals surface area contributed by atoms with Gasteiger partial charge in [-0.15, -0.1) is 5.10 Å². The molecule has 1 aliphatic heterocycles. The van der Waals surface area contributed by atoms with Crippen LogP contribution in [-0.4, -0.2) is 45.1 Å². The van der Waals surface area contributed by atoms with Gasteiger partial charge in [0.15, 0.2) is 0 Å². The van der Waals surface area contributed by atoms with E-state index in [2.05, 4.69) is 15.2 Å². The van der Waals surface area contributed by atoms with Crippen molar-refractivity contribution in [1.82, 2.24) is 19.9 Å². The van der Waals surface area contributed by atoms with Gasteiger partial charge in [-0.3, -0.25) is 4.90 Å². The molecule has 0 unspecified atom stereocenters. The van der Waals surface area contributed by atoms with Crippen molar-refractivity contribution < 1.29 is 14.6 Å². The Morgan fingerprint density at radius 3 is 2.45 bits per heavy atom. The molecule has 1 saturated heterocycles. The Hall–Kier alpha value is -3.19. The molecule has 0 saturated carbocycles. The third kappa shape index (κ3) is 4.46. The first-order valence-electron chi connectivity index (χ1n) is 9.70. The molecule has 3 aromatic rings. The van der Waals surface area contributed by atoms with E-state index < -0.39 is 5.97 Å². The summed E-state index contributed by atoms with van der Waals surface area (Å²) in [6, 6.07) is 15.9. The quantitative estimate of drug-likeness (QED) is 0.612. The minimum Gasteiger partial charge on any atom is -0.550 e. The van der Waals surface area contributed by atoms with Gasteiger partial charge in [-0.1, -0.05) is 17.3 Å². The van der Waals surface area contributed by atoms with Crippen LogP contribution in [0, 0.1) is 5.92 Å². The third-order valence-electron chi connectivity index (χ3n) is 4.91. The molecule has 0 aliphatic carbocycles. The van der Waals surface area contributed by atoms with Crippen molar-refractivity contribution in [3.8, 4) is 22.7 Å². The van der Waals surface area contributed by atoms with E-state index in [4.69, 9.17) is 4.74 Å². The van der Waals surface area contributed by atoms with Crippen LogP contribution in [0.3, 0.4) is 0 Å². The minimum absolute atomic E-state index is 0.140. The fourth-order valence-corrected chi connectivity index (χ4v) is 3.36. The first kappa shape index (κ1) is 19.1. The molecule has 4 rings (SSSR count). The highest BCUT2D eigenvalue weighted by Gasteiger charge is 2.27. The number of carboxylic acids is 1. The lowest BCUT2D eigenvalue weighted by atomic mass is 9.99. The van der Waals surface area contributed by atoms with Crippen molar-refractivity contribution in [3.63, 3.8) is 0 Å². The van der Waals surface area contributed by atoms with Gasteiger partial charge >= 0.3 is 0 Å². The van der Waals surface area contributed by atoms with Crippen LogP contribution in [0.25, 0.3) is 16.9 Å². The maximum absolute atomic E-state index is 10.8. The van der Waals surface area contributed by atoms with E-state index in [9.17, 15) is 9.90 Å². The molecule has 29 heavy (non-hydrogen) atoms. The van der Waals surface area contributed by atoms with Crippen LogP contribution in [0.15, 0.2) is 54.7 Å². The Morgan fingerprint density at radius 1 is 1.14 bits per heavy atom. The van der Waals surface area contributed by atoms with Gasteiger partial charge < -0.3 is 14.6 Å². The number of ether oxygens (including phenoxy) is 1. The van der Waals surface area contributed by atoms with E-state index in [1.807, 2.05) is 68.6 Å². The summed E-state index contributed by atoms with van der Waals surface area (Å²) in [5, 5.41) is 19.3. The zero-order chi connectivity index (χ0) is 20.4. The van der Waals surface area contributed by atoms with Gasteiger partial charge in [0.2, 0.25) is 0 Å². The molecule has 1 fully saturated rings. The molecule has 0 radical (unpaired) electrons. The summed E-state index contributed by atoms with van der Waals surface area (Å²) in [6.45, 7) is 5.84. The smallest absolute Gasteiger partial charge is 0.119 e. The molecule has 150 valence electrons. The molecule has 2 heterocycles. The largest absolute Gasteiger partial charge is 0.550 e. The van der Waals surface area contributed by atoms with Crippen molar-refractivity contribution >= 4 is 5.97 Å². The van der Waals surface area contributed by atoms with Gasteiger partial charge in [-0.25, -0.2) is 4.68 Å². The van der Waals surface area contributed by atoms with Crippen molar-refractivity contribution in [3.05, 3.63) is 60.3 Å². The lowest BCUT2D eigenvalue weighted by Gasteiger charge is -2.39. The lowest BCUT2D eigenvalue weighted by molar-refractivity contribution is -0.315. The second kappa shape index (κ2) is 8.05. The van der Waals surface area contributed by atoms with Crippen LogP contribution < -0.4 is 9.84 Å². The first-order valence-corrected chi connectivity index (χ1v) is 9.70. The minimum atomic E-state index is -0.958. The Kier molecular flexibility index (Phi) is 5.31. The molecular formula is C22H23N4O3-. The molecule has 7 heteroatoms. The topological polar surface area (TPSA) is 83.3 Å². The molecule has 1 aliphatic rings. The number of hydrogen-bond acceptors (Lipinski definition) is 6. The number of carbonyl (C=O) groups is 1. The second-order valence-corrected chi connectivity index (χ2v) is 7.62. The molecule has 0 atom stereocenters. The number of aromatic nitrogens is 3. The summed E-state index contributed by atoms with van der Waals surface area (Å²) in [5.41, 5.74) is 3.82. The van der Waals surface area contributed by atoms with E-state index in [0.717, 1.165) is 34.8 Å². The standard InChI is InChI=1S/C22H24N4O3/c1-15(2)29-20-9-5-17(6-10-20)21-14-26(24-23-21)19-7-3-16(4-8-19)11-25-12-18(13-25)22(27)28/h3-10,14-15,18H,11-13H2,1-2H3,(H,27,28)/p-1. The van der Waals surface area contributed by atoms with E-state index in [0.29, 0.717) is 13.1 Å². The highest BCUT2D eigenvalue weighted by Crippen LogP contribution is 2.23. The number of carbonyl (C=O) groups excluding carboxylic acids is 1. The average Bonchev–Trinajstić information content (AvgIpc) is 3.15. The Labute approximate surface area is 169 Å². The van der Waals surface area contributed by atoms with Crippen molar-refractivity contribution in [2.45, 2.75) is 26.5 Å². The zero-order valence-electron chi connectivity index (χ0n) is 16.5. The normalized spacial score (nSPS) is 14.7. The second-order valence-electron chi connectivity index (χ2n) is 7.62. The summed E-state index contributed by atoms with van der Waals surface area (Å²) >= 11 is 0. The maximum Gasteiger partial charge on any atom is 0.119 e. The molecule has 2 aromatic carbocycles. The predicted molar refractivity (Wildman–Crippen MR) is 106 cm³/mol.